The van der Waals surface area contributed by atoms with Crippen molar-refractivity contribution < 1.29 is 14.0 Å². The van der Waals surface area contributed by atoms with Crippen molar-refractivity contribution in [1.82, 2.24) is 24.9 Å². The summed E-state index contributed by atoms with van der Waals surface area (Å²) < 4.78 is 15.0. The van der Waals surface area contributed by atoms with Gasteiger partial charge >= 0.3 is 0 Å². The molecule has 0 radical (unpaired) electrons. The number of fused-ring (bicyclic) bond motifs is 1. The Bertz CT molecular complexity index is 1260. The van der Waals surface area contributed by atoms with Crippen molar-refractivity contribution in [2.45, 2.75) is 38.6 Å². The van der Waals surface area contributed by atoms with Gasteiger partial charge in [0.05, 0.1) is 12.6 Å². The number of imide groups is 1. The Morgan fingerprint density at radius 1 is 1.30 bits per heavy atom. The smallest absolute Gasteiger partial charge is 0.254 e. The lowest BCUT2D eigenvalue weighted by molar-refractivity contribution is -0.124. The summed E-state index contributed by atoms with van der Waals surface area (Å²) in [5, 5.41) is 13.3. The molecule has 2 aromatic heterocycles. The normalized spacial score (nSPS) is 18.1. The molecular formula is C23H24FN7O2. The standard InChI is InChI=1S/C23H24FN7O2/c1-13(15-5-6-15)27-22-29-20-17(10-16-11-19(32)28-21(16)33)12-26-31(20)23(30-22)25-8-7-14-3-2-4-18(24)9-14/h2-4,9-10,12-13,15H,5-8,11H2,1H3,(H,28,32,33)(H2,25,27,29,30). The van der Waals surface area contributed by atoms with Crippen LogP contribution >= 0.6 is 0 Å². The maximum Gasteiger partial charge on any atom is 0.254 e. The number of nitrogens with one attached hydrogen (secondary N) is 3. The van der Waals surface area contributed by atoms with E-state index in [4.69, 9.17) is 0 Å². The quantitative estimate of drug-likeness (QED) is 0.358. The van der Waals surface area contributed by atoms with E-state index in [0.717, 1.165) is 5.56 Å². The van der Waals surface area contributed by atoms with Crippen LogP contribution in [0.15, 0.2) is 36.0 Å². The summed E-state index contributed by atoms with van der Waals surface area (Å²) in [4.78, 5) is 32.8. The largest absolute Gasteiger partial charge is 0.354 e. The Hall–Kier alpha value is -3.82. The van der Waals surface area contributed by atoms with Crippen LogP contribution in [0.1, 0.15) is 37.3 Å². The molecule has 2 amide bonds. The molecule has 3 N–H and O–H groups in total. The molecule has 2 aliphatic rings. The molecule has 3 aromatic rings. The third kappa shape index (κ3) is 4.69. The van der Waals surface area contributed by atoms with Crippen molar-refractivity contribution in [2.24, 2.45) is 5.92 Å². The number of benzene rings is 1. The summed E-state index contributed by atoms with van der Waals surface area (Å²) in [6.07, 6.45) is 6.23. The van der Waals surface area contributed by atoms with E-state index in [1.807, 2.05) is 6.07 Å². The number of amides is 2. The molecule has 1 saturated heterocycles. The van der Waals surface area contributed by atoms with E-state index >= 15 is 0 Å². The maximum atomic E-state index is 13.5. The summed E-state index contributed by atoms with van der Waals surface area (Å²) in [6.45, 7) is 2.62. The van der Waals surface area contributed by atoms with Crippen molar-refractivity contribution in [3.8, 4) is 0 Å². The van der Waals surface area contributed by atoms with Crippen LogP contribution in [-0.2, 0) is 16.0 Å². The Morgan fingerprint density at radius 3 is 2.88 bits per heavy atom. The molecule has 0 bridgehead atoms. The van der Waals surface area contributed by atoms with Gasteiger partial charge in [-0.05, 0) is 55.9 Å². The number of anilines is 2. The van der Waals surface area contributed by atoms with Gasteiger partial charge in [-0.1, -0.05) is 12.1 Å². The van der Waals surface area contributed by atoms with Crippen LogP contribution in [-0.4, -0.2) is 44.0 Å². The molecule has 10 heteroatoms. The van der Waals surface area contributed by atoms with Crippen molar-refractivity contribution in [3.05, 3.63) is 53.0 Å². The van der Waals surface area contributed by atoms with E-state index in [-0.39, 0.29) is 24.2 Å². The average Bonchev–Trinajstić information content (AvgIpc) is 3.48. The van der Waals surface area contributed by atoms with Gasteiger partial charge in [-0.2, -0.15) is 19.6 Å². The summed E-state index contributed by atoms with van der Waals surface area (Å²) in [5.74, 6) is 0.562. The van der Waals surface area contributed by atoms with Crippen LogP contribution < -0.4 is 16.0 Å². The van der Waals surface area contributed by atoms with Crippen molar-refractivity contribution in [2.75, 3.05) is 17.2 Å². The number of carbonyl (C=O) groups excluding carboxylic acids is 2. The molecule has 1 aromatic carbocycles. The zero-order valence-corrected chi connectivity index (χ0v) is 18.1. The molecule has 1 unspecified atom stereocenters. The van der Waals surface area contributed by atoms with Crippen LogP contribution in [0.25, 0.3) is 11.7 Å². The Morgan fingerprint density at radius 2 is 2.15 bits per heavy atom. The highest BCUT2D eigenvalue weighted by atomic mass is 19.1. The van der Waals surface area contributed by atoms with Gasteiger partial charge < -0.3 is 10.6 Å². The fraction of sp³-hybridized carbons (Fsp3) is 0.348. The highest BCUT2D eigenvalue weighted by Crippen LogP contribution is 2.33. The fourth-order valence-corrected chi connectivity index (χ4v) is 3.91. The van der Waals surface area contributed by atoms with Crippen molar-refractivity contribution in [1.29, 1.82) is 0 Å². The molecule has 0 spiro atoms. The first kappa shape index (κ1) is 21.0. The summed E-state index contributed by atoms with van der Waals surface area (Å²) in [7, 11) is 0. The molecule has 5 rings (SSSR count). The van der Waals surface area contributed by atoms with Crippen LogP contribution in [0.4, 0.5) is 16.3 Å². The molecule has 2 fully saturated rings. The number of rotatable bonds is 8. The van der Waals surface area contributed by atoms with Crippen LogP contribution in [0, 0.1) is 11.7 Å². The molecular weight excluding hydrogens is 425 g/mol. The van der Waals surface area contributed by atoms with E-state index in [9.17, 15) is 14.0 Å². The van der Waals surface area contributed by atoms with Gasteiger partial charge in [0.15, 0.2) is 5.65 Å². The SMILES string of the molecule is CC(Nc1nc(NCCc2cccc(F)c2)n2ncc(C=C3CC(=O)NC3=O)c2n1)C1CC1. The number of carbonyl (C=O) groups is 2. The van der Waals surface area contributed by atoms with E-state index in [1.165, 1.54) is 25.0 Å². The molecule has 3 heterocycles. The zero-order valence-electron chi connectivity index (χ0n) is 18.1. The van der Waals surface area contributed by atoms with Gasteiger partial charge in [0, 0.05) is 23.7 Å². The van der Waals surface area contributed by atoms with E-state index < -0.39 is 5.91 Å². The second-order valence-corrected chi connectivity index (χ2v) is 8.51. The number of hydrogen-bond acceptors (Lipinski definition) is 7. The predicted octanol–water partition coefficient (Wildman–Crippen LogP) is 2.56. The fourth-order valence-electron chi connectivity index (χ4n) is 3.91. The highest BCUT2D eigenvalue weighted by Gasteiger charge is 2.29. The summed E-state index contributed by atoms with van der Waals surface area (Å²) in [6, 6.07) is 6.72. The third-order valence-corrected chi connectivity index (χ3v) is 5.89. The van der Waals surface area contributed by atoms with Crippen molar-refractivity contribution >= 4 is 35.4 Å². The molecule has 1 aliphatic heterocycles. The minimum Gasteiger partial charge on any atom is -0.354 e. The zero-order chi connectivity index (χ0) is 22.9. The lowest BCUT2D eigenvalue weighted by Crippen LogP contribution is -2.21. The average molecular weight is 449 g/mol. The number of nitrogens with zero attached hydrogens (tertiary/aromatic N) is 4. The minimum absolute atomic E-state index is 0.0316. The number of aromatic nitrogens is 4. The van der Waals surface area contributed by atoms with Gasteiger partial charge in [-0.15, -0.1) is 0 Å². The lowest BCUT2D eigenvalue weighted by Gasteiger charge is -2.15. The second-order valence-electron chi connectivity index (χ2n) is 8.51. The minimum atomic E-state index is -0.400. The second kappa shape index (κ2) is 8.61. The predicted molar refractivity (Wildman–Crippen MR) is 121 cm³/mol. The van der Waals surface area contributed by atoms with Crippen LogP contribution in [0.5, 0.6) is 0 Å². The maximum absolute atomic E-state index is 13.5. The Labute approximate surface area is 189 Å². The Kier molecular flexibility index (Phi) is 5.49. The van der Waals surface area contributed by atoms with Crippen molar-refractivity contribution in [3.63, 3.8) is 0 Å². The van der Waals surface area contributed by atoms with Crippen LogP contribution in [0.2, 0.25) is 0 Å². The molecule has 33 heavy (non-hydrogen) atoms. The first-order chi connectivity index (χ1) is 16.0. The van der Waals surface area contributed by atoms with Gasteiger partial charge in [0.1, 0.15) is 5.82 Å². The molecule has 1 atom stereocenters. The lowest BCUT2D eigenvalue weighted by atomic mass is 10.1. The third-order valence-electron chi connectivity index (χ3n) is 5.89. The monoisotopic (exact) mass is 449 g/mol. The number of halogens is 1. The van der Waals surface area contributed by atoms with Gasteiger partial charge in [-0.3, -0.25) is 14.9 Å². The van der Waals surface area contributed by atoms with E-state index in [0.29, 0.717) is 47.6 Å². The first-order valence-corrected chi connectivity index (χ1v) is 11.0. The molecule has 1 aliphatic carbocycles. The van der Waals surface area contributed by atoms with E-state index in [2.05, 4.69) is 37.9 Å². The first-order valence-electron chi connectivity index (χ1n) is 11.0. The van der Waals surface area contributed by atoms with E-state index in [1.54, 1.807) is 22.9 Å². The molecule has 1 saturated carbocycles. The summed E-state index contributed by atoms with van der Waals surface area (Å²) in [5.41, 5.74) is 2.38. The molecule has 9 nitrogen and oxygen atoms in total. The van der Waals surface area contributed by atoms with Gasteiger partial charge in [0.2, 0.25) is 17.8 Å². The van der Waals surface area contributed by atoms with Crippen LogP contribution in [0.3, 0.4) is 0 Å². The Balaban J connectivity index is 1.44. The highest BCUT2D eigenvalue weighted by molar-refractivity contribution is 6.15. The topological polar surface area (TPSA) is 113 Å². The number of hydrogen-bond donors (Lipinski definition) is 3. The molecule has 170 valence electrons. The van der Waals surface area contributed by atoms with Gasteiger partial charge in [0.25, 0.3) is 5.91 Å². The summed E-state index contributed by atoms with van der Waals surface area (Å²) >= 11 is 0. The van der Waals surface area contributed by atoms with Gasteiger partial charge in [-0.25, -0.2) is 4.39 Å².